The molecule has 0 saturated heterocycles. The molecule has 86 valence electrons. The fourth-order valence-corrected chi connectivity index (χ4v) is 3.17. The highest BCUT2D eigenvalue weighted by Gasteiger charge is 2.22. The van der Waals surface area contributed by atoms with E-state index in [0.717, 1.165) is 20.9 Å². The van der Waals surface area contributed by atoms with Gasteiger partial charge in [0.25, 0.3) is 0 Å². The molecule has 2 heterocycles. The molecule has 3 nitrogen and oxygen atoms in total. The van der Waals surface area contributed by atoms with Crippen molar-refractivity contribution in [1.82, 2.24) is 10.3 Å². The Labute approximate surface area is 107 Å². The van der Waals surface area contributed by atoms with Crippen molar-refractivity contribution in [2.45, 2.75) is 19.9 Å². The standard InChI is InChI=1S/C11H13BrN2OS/c1-6-11(16-7(2)14-6)9(13-3)10-8(12)4-5-15-10/h4-5,9,13H,1-3H3. The van der Waals surface area contributed by atoms with E-state index in [1.165, 1.54) is 4.88 Å². The molecule has 0 aliphatic rings. The van der Waals surface area contributed by atoms with Crippen LogP contribution in [0.5, 0.6) is 0 Å². The molecule has 0 bridgehead atoms. The van der Waals surface area contributed by atoms with Gasteiger partial charge in [-0.25, -0.2) is 4.98 Å². The number of hydrogen-bond acceptors (Lipinski definition) is 4. The van der Waals surface area contributed by atoms with E-state index in [2.05, 4.69) is 26.2 Å². The van der Waals surface area contributed by atoms with Crippen LogP contribution in [-0.4, -0.2) is 12.0 Å². The summed E-state index contributed by atoms with van der Waals surface area (Å²) < 4.78 is 6.49. The van der Waals surface area contributed by atoms with Gasteiger partial charge < -0.3 is 9.73 Å². The van der Waals surface area contributed by atoms with E-state index >= 15 is 0 Å². The van der Waals surface area contributed by atoms with Crippen molar-refractivity contribution in [3.63, 3.8) is 0 Å². The lowest BCUT2D eigenvalue weighted by atomic mass is 10.1. The molecule has 0 amide bonds. The van der Waals surface area contributed by atoms with Gasteiger partial charge in [0.1, 0.15) is 11.8 Å². The molecule has 0 spiro atoms. The van der Waals surface area contributed by atoms with Crippen LogP contribution < -0.4 is 5.32 Å². The molecule has 1 N–H and O–H groups in total. The third kappa shape index (κ3) is 2.07. The van der Waals surface area contributed by atoms with Crippen molar-refractivity contribution < 1.29 is 4.42 Å². The second-order valence-corrected chi connectivity index (χ2v) is 5.63. The predicted octanol–water partition coefficient (Wildman–Crippen LogP) is 3.42. The summed E-state index contributed by atoms with van der Waals surface area (Å²) in [5.74, 6) is 0.897. The lowest BCUT2D eigenvalue weighted by molar-refractivity contribution is 0.463. The van der Waals surface area contributed by atoms with Crippen LogP contribution in [0.15, 0.2) is 21.2 Å². The van der Waals surface area contributed by atoms with Gasteiger partial charge in [-0.2, -0.15) is 0 Å². The van der Waals surface area contributed by atoms with Crippen LogP contribution in [0.4, 0.5) is 0 Å². The maximum atomic E-state index is 5.51. The molecule has 1 atom stereocenters. The van der Waals surface area contributed by atoms with Crippen LogP contribution in [0.2, 0.25) is 0 Å². The van der Waals surface area contributed by atoms with Gasteiger partial charge in [0, 0.05) is 0 Å². The van der Waals surface area contributed by atoms with Crippen molar-refractivity contribution >= 4 is 27.3 Å². The molecule has 0 aliphatic carbocycles. The van der Waals surface area contributed by atoms with E-state index in [1.54, 1.807) is 17.6 Å². The van der Waals surface area contributed by atoms with Gasteiger partial charge in [-0.15, -0.1) is 11.3 Å². The second-order valence-electron chi connectivity index (χ2n) is 3.54. The summed E-state index contributed by atoms with van der Waals surface area (Å²) in [5, 5.41) is 4.34. The molecule has 2 rings (SSSR count). The SMILES string of the molecule is CNC(c1occc1Br)c1sc(C)nc1C. The highest BCUT2D eigenvalue weighted by Crippen LogP contribution is 2.33. The molecule has 1 unspecified atom stereocenters. The summed E-state index contributed by atoms with van der Waals surface area (Å²) in [4.78, 5) is 5.65. The van der Waals surface area contributed by atoms with E-state index < -0.39 is 0 Å². The van der Waals surface area contributed by atoms with E-state index in [4.69, 9.17) is 4.42 Å². The summed E-state index contributed by atoms with van der Waals surface area (Å²) in [6.45, 7) is 4.05. The maximum absolute atomic E-state index is 5.51. The number of aromatic nitrogens is 1. The summed E-state index contributed by atoms with van der Waals surface area (Å²) in [6, 6.07) is 1.97. The largest absolute Gasteiger partial charge is 0.466 e. The zero-order valence-electron chi connectivity index (χ0n) is 9.37. The molecule has 0 aliphatic heterocycles. The summed E-state index contributed by atoms with van der Waals surface area (Å²) >= 11 is 5.19. The molecular formula is C11H13BrN2OS. The van der Waals surface area contributed by atoms with E-state index in [9.17, 15) is 0 Å². The third-order valence-corrected chi connectivity index (χ3v) is 4.19. The number of halogens is 1. The fourth-order valence-electron chi connectivity index (χ4n) is 1.71. The first kappa shape index (κ1) is 11.8. The fraction of sp³-hybridized carbons (Fsp3) is 0.364. The Hall–Kier alpha value is -0.650. The Morgan fingerprint density at radius 2 is 2.25 bits per heavy atom. The van der Waals surface area contributed by atoms with Crippen molar-refractivity contribution in [2.24, 2.45) is 0 Å². The van der Waals surface area contributed by atoms with Gasteiger partial charge in [-0.1, -0.05) is 0 Å². The average Bonchev–Trinajstić information content (AvgIpc) is 2.77. The van der Waals surface area contributed by atoms with Gasteiger partial charge in [-0.3, -0.25) is 0 Å². The molecule has 0 radical (unpaired) electrons. The van der Waals surface area contributed by atoms with Crippen molar-refractivity contribution in [1.29, 1.82) is 0 Å². The first-order chi connectivity index (χ1) is 7.63. The first-order valence-corrected chi connectivity index (χ1v) is 6.58. The topological polar surface area (TPSA) is 38.1 Å². The van der Waals surface area contributed by atoms with Gasteiger partial charge in [0.15, 0.2) is 0 Å². The Morgan fingerprint density at radius 3 is 2.69 bits per heavy atom. The summed E-state index contributed by atoms with van der Waals surface area (Å²) in [6.07, 6.45) is 1.69. The number of aryl methyl sites for hydroxylation is 2. The van der Waals surface area contributed by atoms with Crippen LogP contribution in [0, 0.1) is 13.8 Å². The minimum absolute atomic E-state index is 0.0653. The molecule has 0 aromatic carbocycles. The summed E-state index contributed by atoms with van der Waals surface area (Å²) in [5.41, 5.74) is 1.06. The van der Waals surface area contributed by atoms with Gasteiger partial charge in [0.05, 0.1) is 26.3 Å². The highest BCUT2D eigenvalue weighted by molar-refractivity contribution is 9.10. The smallest absolute Gasteiger partial charge is 0.140 e. The molecule has 2 aromatic rings. The van der Waals surface area contributed by atoms with Crippen LogP contribution in [-0.2, 0) is 0 Å². The van der Waals surface area contributed by atoms with E-state index in [0.29, 0.717) is 0 Å². The van der Waals surface area contributed by atoms with Crippen LogP contribution in [0.25, 0.3) is 0 Å². The van der Waals surface area contributed by atoms with E-state index in [-0.39, 0.29) is 6.04 Å². The van der Waals surface area contributed by atoms with Crippen LogP contribution >= 0.6 is 27.3 Å². The lowest BCUT2D eigenvalue weighted by Gasteiger charge is -2.12. The normalized spacial score (nSPS) is 13.0. The molecular weight excluding hydrogens is 288 g/mol. The zero-order valence-corrected chi connectivity index (χ0v) is 11.8. The Kier molecular flexibility index (Phi) is 3.47. The number of rotatable bonds is 3. The quantitative estimate of drug-likeness (QED) is 0.944. The molecule has 16 heavy (non-hydrogen) atoms. The van der Waals surface area contributed by atoms with Crippen molar-refractivity contribution in [3.8, 4) is 0 Å². The average molecular weight is 301 g/mol. The Bertz CT molecular complexity index is 492. The number of hydrogen-bond donors (Lipinski definition) is 1. The molecule has 0 fully saturated rings. The summed E-state index contributed by atoms with van der Waals surface area (Å²) in [7, 11) is 1.92. The number of furan rings is 1. The third-order valence-electron chi connectivity index (χ3n) is 2.40. The minimum Gasteiger partial charge on any atom is -0.466 e. The second kappa shape index (κ2) is 4.69. The number of nitrogens with one attached hydrogen (secondary N) is 1. The monoisotopic (exact) mass is 300 g/mol. The first-order valence-electron chi connectivity index (χ1n) is 4.97. The molecule has 0 saturated carbocycles. The predicted molar refractivity (Wildman–Crippen MR) is 68.9 cm³/mol. The Morgan fingerprint density at radius 1 is 1.50 bits per heavy atom. The van der Waals surface area contributed by atoms with Gasteiger partial charge in [0.2, 0.25) is 0 Å². The lowest BCUT2D eigenvalue weighted by Crippen LogP contribution is -2.17. The molecule has 5 heteroatoms. The van der Waals surface area contributed by atoms with Gasteiger partial charge >= 0.3 is 0 Å². The maximum Gasteiger partial charge on any atom is 0.140 e. The Balaban J connectivity index is 2.44. The van der Waals surface area contributed by atoms with E-state index in [1.807, 2.05) is 27.0 Å². The highest BCUT2D eigenvalue weighted by atomic mass is 79.9. The van der Waals surface area contributed by atoms with Crippen LogP contribution in [0.1, 0.15) is 27.4 Å². The van der Waals surface area contributed by atoms with Crippen molar-refractivity contribution in [2.75, 3.05) is 7.05 Å². The number of nitrogens with zero attached hydrogens (tertiary/aromatic N) is 1. The minimum atomic E-state index is 0.0653. The van der Waals surface area contributed by atoms with Crippen LogP contribution in [0.3, 0.4) is 0 Å². The number of thiazole rings is 1. The van der Waals surface area contributed by atoms with Gasteiger partial charge in [-0.05, 0) is 42.9 Å². The molecule has 2 aromatic heterocycles. The van der Waals surface area contributed by atoms with Crippen molar-refractivity contribution in [3.05, 3.63) is 38.1 Å². The zero-order chi connectivity index (χ0) is 11.7.